The summed E-state index contributed by atoms with van der Waals surface area (Å²) in [5.41, 5.74) is 0.944. The molecule has 0 bridgehead atoms. The van der Waals surface area contributed by atoms with Crippen molar-refractivity contribution in [3.05, 3.63) is 143 Å². The average molecular weight is 1030 g/mol. The van der Waals surface area contributed by atoms with Gasteiger partial charge in [0.2, 0.25) is 5.91 Å². The Balaban J connectivity index is 1.45. The third-order valence-corrected chi connectivity index (χ3v) is 13.8. The molecule has 0 radical (unpaired) electrons. The maximum Gasteiger partial charge on any atom is 0.311 e. The molecule has 0 aliphatic carbocycles. The molecule has 382 valence electrons. The van der Waals surface area contributed by atoms with Gasteiger partial charge in [0, 0.05) is 72.8 Å². The maximum atomic E-state index is 14.5. The number of ether oxygens (including phenoxy) is 2. The number of aromatic hydroxyl groups is 1. The van der Waals surface area contributed by atoms with E-state index in [1.165, 1.54) is 75.9 Å². The summed E-state index contributed by atoms with van der Waals surface area (Å²) < 4.78 is 10.2. The van der Waals surface area contributed by atoms with Crippen LogP contribution in [0.25, 0.3) is 12.2 Å². The van der Waals surface area contributed by atoms with Gasteiger partial charge < -0.3 is 34.8 Å². The standard InChI is InChI=1S/C50H56N6O14S2/c1-7-53(46(58)33-14-19-42(69-5)38(28-33)55(65)66)44-21-16-35(71-44)11-9-24-52(40(30-37(49(61)62)50(63)64)48(60)51(4)26-23-32-13-18-41(57)31(3)27-32)25-10-12-36-17-22-45(72-36)54(8-2)47(59)34-15-20-43(70-6)39(29-34)56(67)68/h9-22,27-29,37,40,49,57,61-62H,7-8,23-26,30H2,1-6H3,(H,63,64)/b11-9+,12-10+. The van der Waals surface area contributed by atoms with E-state index in [1.54, 1.807) is 99.5 Å². The number of aliphatic hydroxyl groups is 2. The van der Waals surface area contributed by atoms with Crippen molar-refractivity contribution in [1.82, 2.24) is 9.80 Å². The Labute approximate surface area is 423 Å². The highest BCUT2D eigenvalue weighted by atomic mass is 32.1. The number of rotatable bonds is 25. The molecule has 5 aromatic rings. The smallest absolute Gasteiger partial charge is 0.311 e. The number of amides is 3. The second-order valence-electron chi connectivity index (χ2n) is 16.2. The topological polar surface area (TPSA) is 267 Å². The number of thiophene rings is 2. The van der Waals surface area contributed by atoms with Gasteiger partial charge in [-0.3, -0.25) is 54.1 Å². The number of phenolic OH excluding ortho intramolecular Hbond substituents is 1. The van der Waals surface area contributed by atoms with Gasteiger partial charge >= 0.3 is 17.3 Å². The largest absolute Gasteiger partial charge is 0.508 e. The molecule has 0 saturated carbocycles. The van der Waals surface area contributed by atoms with E-state index in [0.717, 1.165) is 17.7 Å². The van der Waals surface area contributed by atoms with Crippen LogP contribution in [0.15, 0.2) is 91.0 Å². The summed E-state index contributed by atoms with van der Waals surface area (Å²) in [5.74, 6) is -4.58. The van der Waals surface area contributed by atoms with Gasteiger partial charge in [-0.05, 0) is 111 Å². The third-order valence-electron chi connectivity index (χ3n) is 11.6. The van der Waals surface area contributed by atoms with Gasteiger partial charge in [0.1, 0.15) is 11.7 Å². The number of carbonyl (C=O) groups excluding carboxylic acids is 3. The number of hydrogen-bond donors (Lipinski definition) is 4. The van der Waals surface area contributed by atoms with Crippen molar-refractivity contribution >= 4 is 79.9 Å². The van der Waals surface area contributed by atoms with Crippen LogP contribution >= 0.6 is 22.7 Å². The highest BCUT2D eigenvalue weighted by Gasteiger charge is 2.36. The van der Waals surface area contributed by atoms with Crippen molar-refractivity contribution in [3.8, 4) is 17.2 Å². The number of methoxy groups -OCH3 is 2. The van der Waals surface area contributed by atoms with Crippen LogP contribution in [0, 0.1) is 33.1 Å². The lowest BCUT2D eigenvalue weighted by Crippen LogP contribution is -2.50. The lowest BCUT2D eigenvalue weighted by atomic mass is 9.96. The maximum absolute atomic E-state index is 14.5. The normalized spacial score (nSPS) is 12.3. The molecule has 0 spiro atoms. The van der Waals surface area contributed by atoms with Crippen molar-refractivity contribution < 1.29 is 58.9 Å². The van der Waals surface area contributed by atoms with Crippen LogP contribution in [0.3, 0.4) is 0 Å². The van der Waals surface area contributed by atoms with E-state index < -0.39 is 58.2 Å². The lowest BCUT2D eigenvalue weighted by Gasteiger charge is -2.34. The number of carbonyl (C=O) groups is 4. The Morgan fingerprint density at radius 1 is 0.736 bits per heavy atom. The molecule has 2 unspecified atom stereocenters. The van der Waals surface area contributed by atoms with Gasteiger partial charge in [-0.25, -0.2) is 0 Å². The van der Waals surface area contributed by atoms with Crippen molar-refractivity contribution in [2.75, 3.05) is 63.8 Å². The fraction of sp³-hybridized carbons (Fsp3) is 0.320. The van der Waals surface area contributed by atoms with E-state index in [9.17, 15) is 59.8 Å². The van der Waals surface area contributed by atoms with E-state index in [-0.39, 0.29) is 72.5 Å². The molecule has 72 heavy (non-hydrogen) atoms. The minimum atomic E-state index is -2.30. The van der Waals surface area contributed by atoms with Crippen LogP contribution in [-0.4, -0.2) is 130 Å². The highest BCUT2D eigenvalue weighted by molar-refractivity contribution is 7.17. The molecule has 0 aliphatic rings. The number of nitro benzene ring substituents is 2. The zero-order valence-electron chi connectivity index (χ0n) is 40.4. The first-order valence-corrected chi connectivity index (χ1v) is 24.1. The Bertz CT molecular complexity index is 2690. The van der Waals surface area contributed by atoms with Gasteiger partial charge in [0.15, 0.2) is 17.8 Å². The van der Waals surface area contributed by atoms with Gasteiger partial charge in [-0.2, -0.15) is 0 Å². The van der Waals surface area contributed by atoms with E-state index in [2.05, 4.69) is 0 Å². The zero-order valence-corrected chi connectivity index (χ0v) is 42.0. The fourth-order valence-electron chi connectivity index (χ4n) is 7.66. The molecule has 3 aromatic carbocycles. The van der Waals surface area contributed by atoms with Crippen LogP contribution in [0.4, 0.5) is 21.4 Å². The molecule has 2 heterocycles. The lowest BCUT2D eigenvalue weighted by molar-refractivity contribution is -0.385. The number of carboxylic acid groups (broad SMARTS) is 1. The number of benzene rings is 3. The van der Waals surface area contributed by atoms with Crippen molar-refractivity contribution in [2.24, 2.45) is 5.92 Å². The molecule has 3 amide bonds. The number of anilines is 2. The predicted octanol–water partition coefficient (Wildman–Crippen LogP) is 7.49. The molecule has 5 rings (SSSR count). The Hall–Kier alpha value is -7.50. The van der Waals surface area contributed by atoms with Crippen LogP contribution in [-0.2, 0) is 16.0 Å². The molecule has 4 N–H and O–H groups in total. The first-order chi connectivity index (χ1) is 34.3. The molecule has 2 atom stereocenters. The Kier molecular flexibility index (Phi) is 19.7. The number of aryl methyl sites for hydroxylation is 1. The summed E-state index contributed by atoms with van der Waals surface area (Å²) in [4.78, 5) is 83.8. The average Bonchev–Trinajstić information content (AvgIpc) is 4.03. The summed E-state index contributed by atoms with van der Waals surface area (Å²) in [6.45, 7) is 6.02. The number of nitrogens with zero attached hydrogens (tertiary/aromatic N) is 6. The van der Waals surface area contributed by atoms with Gasteiger partial charge in [0.25, 0.3) is 11.8 Å². The summed E-state index contributed by atoms with van der Waals surface area (Å²) in [5, 5.41) is 65.0. The number of phenols is 1. The molecule has 22 heteroatoms. The molecule has 0 fully saturated rings. The fourth-order valence-corrected chi connectivity index (χ4v) is 9.66. The third kappa shape index (κ3) is 13.9. The summed E-state index contributed by atoms with van der Waals surface area (Å²) in [6, 6.07) is 18.8. The molecular weight excluding hydrogens is 973 g/mol. The highest BCUT2D eigenvalue weighted by Crippen LogP contribution is 2.34. The molecule has 0 saturated heterocycles. The van der Waals surface area contributed by atoms with E-state index in [0.29, 0.717) is 31.7 Å². The van der Waals surface area contributed by atoms with E-state index >= 15 is 0 Å². The number of aliphatic hydroxyl groups excluding tert-OH is 1. The van der Waals surface area contributed by atoms with Gasteiger partial charge in [0.05, 0.1) is 40.1 Å². The number of hydrogen-bond acceptors (Lipinski definition) is 16. The summed E-state index contributed by atoms with van der Waals surface area (Å²) in [7, 11) is 4.15. The van der Waals surface area contributed by atoms with Gasteiger partial charge in [-0.1, -0.05) is 24.3 Å². The first-order valence-electron chi connectivity index (χ1n) is 22.5. The van der Waals surface area contributed by atoms with Crippen molar-refractivity contribution in [1.29, 1.82) is 0 Å². The van der Waals surface area contributed by atoms with Gasteiger partial charge in [-0.15, -0.1) is 22.7 Å². The second kappa shape index (κ2) is 25.6. The quantitative estimate of drug-likeness (QED) is 0.0251. The number of nitro groups is 2. The number of carboxylic acids is 1. The van der Waals surface area contributed by atoms with Crippen molar-refractivity contribution in [3.63, 3.8) is 0 Å². The second-order valence-corrected chi connectivity index (χ2v) is 18.4. The molecule has 20 nitrogen and oxygen atoms in total. The first kappa shape index (κ1) is 55.4. The molecule has 2 aromatic heterocycles. The van der Waals surface area contributed by atoms with Crippen LogP contribution < -0.4 is 19.3 Å². The monoisotopic (exact) mass is 1030 g/mol. The SMILES string of the molecule is CCN(C(=O)c1ccc(OC)c([N+](=O)[O-])c1)c1ccc(/C=C/CN(C/C=C/c2ccc(N(CC)C(=O)c3ccc(OC)c([N+](=O)[O-])c3)s2)C(CC(C(=O)O)C(O)O)C(=O)N(C)CCc2ccc(O)c(C)c2)s1. The zero-order chi connectivity index (χ0) is 52.8. The van der Waals surface area contributed by atoms with E-state index in [1.807, 2.05) is 0 Å². The Morgan fingerprint density at radius 3 is 1.62 bits per heavy atom. The minimum Gasteiger partial charge on any atom is -0.508 e. The number of likely N-dealkylation sites (N-methyl/N-ethyl adjacent to an activating group) is 1. The Morgan fingerprint density at radius 2 is 1.22 bits per heavy atom. The van der Waals surface area contributed by atoms with Crippen LogP contribution in [0.5, 0.6) is 17.2 Å². The summed E-state index contributed by atoms with van der Waals surface area (Å²) in [6.07, 6.45) is 4.61. The van der Waals surface area contributed by atoms with Crippen molar-refractivity contribution in [2.45, 2.75) is 45.9 Å². The predicted molar refractivity (Wildman–Crippen MR) is 274 cm³/mol. The number of aliphatic carboxylic acids is 1. The van der Waals surface area contributed by atoms with Crippen LogP contribution in [0.2, 0.25) is 0 Å². The molecule has 0 aliphatic heterocycles. The van der Waals surface area contributed by atoms with E-state index in [4.69, 9.17) is 9.47 Å². The molecular formula is C50H56N6O14S2. The minimum absolute atomic E-state index is 0.00907. The van der Waals surface area contributed by atoms with Crippen LogP contribution in [0.1, 0.15) is 61.9 Å². The summed E-state index contributed by atoms with van der Waals surface area (Å²) >= 11 is 2.52.